The van der Waals surface area contributed by atoms with E-state index >= 15 is 0 Å². The van der Waals surface area contributed by atoms with Gasteiger partial charge in [0.15, 0.2) is 0 Å². The van der Waals surface area contributed by atoms with E-state index in [0.717, 1.165) is 44.6 Å². The predicted octanol–water partition coefficient (Wildman–Crippen LogP) is 1.04. The minimum atomic E-state index is 0.0888. The zero-order valence-electron chi connectivity index (χ0n) is 9.38. The van der Waals surface area contributed by atoms with Gasteiger partial charge in [-0.05, 0) is 44.6 Å². The summed E-state index contributed by atoms with van der Waals surface area (Å²) in [5.74, 6) is 1.23. The Bertz CT molecular complexity index is 272. The second-order valence-corrected chi connectivity index (χ2v) is 5.60. The van der Waals surface area contributed by atoms with Gasteiger partial charge in [-0.1, -0.05) is 6.92 Å². The minimum Gasteiger partial charge on any atom is -0.351 e. The lowest BCUT2D eigenvalue weighted by molar-refractivity contribution is -0.165. The monoisotopic (exact) mass is 208 g/mol. The summed E-state index contributed by atoms with van der Waals surface area (Å²) in [6.45, 7) is 3.24. The zero-order chi connectivity index (χ0) is 10.5. The van der Waals surface area contributed by atoms with Crippen molar-refractivity contribution in [1.29, 1.82) is 0 Å². The second kappa shape index (κ2) is 3.21. The summed E-state index contributed by atoms with van der Waals surface area (Å²) in [6, 6.07) is 0.887. The number of hydrogen-bond donors (Lipinski definition) is 2. The number of carbonyl (C=O) groups excluding carboxylic acids is 1. The van der Waals surface area contributed by atoms with Crippen molar-refractivity contribution < 1.29 is 4.79 Å². The summed E-state index contributed by atoms with van der Waals surface area (Å²) >= 11 is 0. The summed E-state index contributed by atoms with van der Waals surface area (Å²) in [6.07, 6.45) is 5.70. The molecular weight excluding hydrogens is 188 g/mol. The third kappa shape index (κ3) is 1.32. The van der Waals surface area contributed by atoms with Crippen LogP contribution in [-0.4, -0.2) is 24.5 Å². The number of carbonyl (C=O) groups is 1. The lowest BCUT2D eigenvalue weighted by Crippen LogP contribution is -2.62. The van der Waals surface area contributed by atoms with Gasteiger partial charge in [0, 0.05) is 17.5 Å². The molecule has 15 heavy (non-hydrogen) atoms. The topological polar surface area (TPSA) is 41.1 Å². The summed E-state index contributed by atoms with van der Waals surface area (Å²) in [5.41, 5.74) is 0.0888. The summed E-state index contributed by atoms with van der Waals surface area (Å²) < 4.78 is 0. The van der Waals surface area contributed by atoms with Gasteiger partial charge in [0.2, 0.25) is 5.91 Å². The number of amides is 1. The Kier molecular flexibility index (Phi) is 2.06. The molecule has 0 radical (unpaired) electrons. The van der Waals surface area contributed by atoms with Crippen molar-refractivity contribution in [2.24, 2.45) is 11.3 Å². The third-order valence-electron chi connectivity index (χ3n) is 4.62. The quantitative estimate of drug-likeness (QED) is 0.727. The van der Waals surface area contributed by atoms with Gasteiger partial charge in [0.1, 0.15) is 0 Å². The molecule has 1 saturated heterocycles. The van der Waals surface area contributed by atoms with Gasteiger partial charge in [-0.25, -0.2) is 0 Å². The molecule has 3 heteroatoms. The maximum atomic E-state index is 12.1. The van der Waals surface area contributed by atoms with E-state index in [2.05, 4.69) is 17.6 Å². The number of nitrogens with one attached hydrogen (secondary N) is 2. The van der Waals surface area contributed by atoms with Gasteiger partial charge >= 0.3 is 0 Å². The molecule has 3 aliphatic carbocycles. The van der Waals surface area contributed by atoms with Crippen LogP contribution in [0.25, 0.3) is 0 Å². The largest absolute Gasteiger partial charge is 0.351 e. The van der Waals surface area contributed by atoms with Gasteiger partial charge in [-0.2, -0.15) is 0 Å². The van der Waals surface area contributed by atoms with E-state index in [4.69, 9.17) is 0 Å². The van der Waals surface area contributed by atoms with E-state index in [9.17, 15) is 4.79 Å². The standard InChI is InChI=1S/C12H20N2O/c1-2-9-10(3-4-13-9)14-11(15)12-5-8(6-12)7-12/h8-10,13H,2-7H2,1H3,(H,14,15)/t8?,9-,10+,12?/m0/s1. The van der Waals surface area contributed by atoms with Crippen LogP contribution in [0.4, 0.5) is 0 Å². The average Bonchev–Trinajstić information content (AvgIpc) is 2.45. The van der Waals surface area contributed by atoms with Crippen LogP contribution < -0.4 is 10.6 Å². The Hall–Kier alpha value is -0.570. The first kappa shape index (κ1) is 9.64. The van der Waals surface area contributed by atoms with Crippen LogP contribution in [-0.2, 0) is 4.79 Å². The lowest BCUT2D eigenvalue weighted by Gasteiger charge is -2.60. The molecule has 2 bridgehead atoms. The highest BCUT2D eigenvalue weighted by Crippen LogP contribution is 2.64. The number of hydrogen-bond acceptors (Lipinski definition) is 2. The van der Waals surface area contributed by atoms with Crippen molar-refractivity contribution in [2.75, 3.05) is 6.54 Å². The Balaban J connectivity index is 1.58. The van der Waals surface area contributed by atoms with Gasteiger partial charge in [-0.3, -0.25) is 4.79 Å². The van der Waals surface area contributed by atoms with E-state index in [0.29, 0.717) is 18.0 Å². The van der Waals surface area contributed by atoms with Crippen LogP contribution >= 0.6 is 0 Å². The van der Waals surface area contributed by atoms with Crippen LogP contribution in [0.15, 0.2) is 0 Å². The molecule has 0 aromatic carbocycles. The molecule has 1 aliphatic heterocycles. The van der Waals surface area contributed by atoms with Crippen LogP contribution in [0.1, 0.15) is 39.0 Å². The Morgan fingerprint density at radius 3 is 2.73 bits per heavy atom. The summed E-state index contributed by atoms with van der Waals surface area (Å²) in [7, 11) is 0. The molecule has 3 nitrogen and oxygen atoms in total. The first-order valence-corrected chi connectivity index (χ1v) is 6.28. The van der Waals surface area contributed by atoms with E-state index < -0.39 is 0 Å². The molecule has 4 rings (SSSR count). The van der Waals surface area contributed by atoms with Crippen molar-refractivity contribution in [1.82, 2.24) is 10.6 Å². The summed E-state index contributed by atoms with van der Waals surface area (Å²) in [4.78, 5) is 12.1. The fourth-order valence-electron chi connectivity index (χ4n) is 3.45. The van der Waals surface area contributed by atoms with Crippen LogP contribution in [0.5, 0.6) is 0 Å². The fourth-order valence-corrected chi connectivity index (χ4v) is 3.45. The minimum absolute atomic E-state index is 0.0888. The SMILES string of the molecule is CC[C@@H]1NCC[C@H]1NC(=O)C12CC(C1)C2. The molecule has 4 aliphatic rings. The van der Waals surface area contributed by atoms with Crippen molar-refractivity contribution in [2.45, 2.75) is 51.1 Å². The molecule has 3 saturated carbocycles. The molecule has 84 valence electrons. The highest BCUT2D eigenvalue weighted by Gasteiger charge is 2.61. The zero-order valence-corrected chi connectivity index (χ0v) is 9.38. The first-order chi connectivity index (χ1) is 7.23. The summed E-state index contributed by atoms with van der Waals surface area (Å²) in [5, 5.41) is 6.71. The predicted molar refractivity (Wildman–Crippen MR) is 58.4 cm³/mol. The van der Waals surface area contributed by atoms with Crippen molar-refractivity contribution in [3.63, 3.8) is 0 Å². The van der Waals surface area contributed by atoms with Gasteiger partial charge in [-0.15, -0.1) is 0 Å². The highest BCUT2D eigenvalue weighted by atomic mass is 16.2. The Labute approximate surface area is 91.0 Å². The highest BCUT2D eigenvalue weighted by molar-refractivity contribution is 5.86. The molecule has 0 spiro atoms. The molecule has 0 unspecified atom stereocenters. The van der Waals surface area contributed by atoms with Gasteiger partial charge in [0.25, 0.3) is 0 Å². The van der Waals surface area contributed by atoms with Crippen molar-refractivity contribution in [3.8, 4) is 0 Å². The molecule has 1 heterocycles. The Morgan fingerprint density at radius 1 is 1.47 bits per heavy atom. The molecular formula is C12H20N2O. The van der Waals surface area contributed by atoms with Crippen molar-refractivity contribution >= 4 is 5.91 Å². The van der Waals surface area contributed by atoms with Crippen LogP contribution in [0, 0.1) is 11.3 Å². The first-order valence-electron chi connectivity index (χ1n) is 6.28. The maximum absolute atomic E-state index is 12.1. The molecule has 1 amide bonds. The molecule has 4 fully saturated rings. The normalized spacial score (nSPS) is 46.9. The van der Waals surface area contributed by atoms with E-state index in [-0.39, 0.29) is 5.41 Å². The molecule has 2 N–H and O–H groups in total. The van der Waals surface area contributed by atoms with Gasteiger partial charge in [0.05, 0.1) is 0 Å². The molecule has 2 atom stereocenters. The number of rotatable bonds is 3. The van der Waals surface area contributed by atoms with Gasteiger partial charge < -0.3 is 10.6 Å². The van der Waals surface area contributed by atoms with E-state index in [1.54, 1.807) is 0 Å². The van der Waals surface area contributed by atoms with E-state index in [1.165, 1.54) is 0 Å². The van der Waals surface area contributed by atoms with Crippen LogP contribution in [0.3, 0.4) is 0 Å². The molecule has 0 aromatic heterocycles. The maximum Gasteiger partial charge on any atom is 0.226 e. The third-order valence-corrected chi connectivity index (χ3v) is 4.62. The average molecular weight is 208 g/mol. The smallest absolute Gasteiger partial charge is 0.226 e. The molecule has 0 aromatic rings. The van der Waals surface area contributed by atoms with Crippen LogP contribution in [0.2, 0.25) is 0 Å². The second-order valence-electron chi connectivity index (χ2n) is 5.60. The van der Waals surface area contributed by atoms with E-state index in [1.807, 2.05) is 0 Å². The van der Waals surface area contributed by atoms with Crippen molar-refractivity contribution in [3.05, 3.63) is 0 Å². The lowest BCUT2D eigenvalue weighted by atomic mass is 9.44. The fraction of sp³-hybridized carbons (Fsp3) is 0.917. The Morgan fingerprint density at radius 2 is 2.20 bits per heavy atom.